The van der Waals surface area contributed by atoms with Crippen LogP contribution >= 0.6 is 0 Å². The van der Waals surface area contributed by atoms with Crippen LogP contribution < -0.4 is 10.6 Å². The van der Waals surface area contributed by atoms with Gasteiger partial charge in [-0.05, 0) is 61.2 Å². The molecule has 0 unspecified atom stereocenters. The van der Waals surface area contributed by atoms with Crippen molar-refractivity contribution in [2.45, 2.75) is 26.3 Å². The molecule has 3 aromatic heterocycles. The smallest absolute Gasteiger partial charge is 0.160 e. The molecule has 154 valence electrons. The van der Waals surface area contributed by atoms with E-state index in [1.54, 1.807) is 0 Å². The van der Waals surface area contributed by atoms with E-state index in [9.17, 15) is 0 Å². The van der Waals surface area contributed by atoms with Crippen molar-refractivity contribution in [1.82, 2.24) is 19.9 Å². The minimum Gasteiger partial charge on any atom is -0.384 e. The second-order valence-corrected chi connectivity index (χ2v) is 8.37. The van der Waals surface area contributed by atoms with Crippen LogP contribution in [0.15, 0.2) is 54.6 Å². The van der Waals surface area contributed by atoms with E-state index in [1.807, 2.05) is 13.0 Å². The van der Waals surface area contributed by atoms with Crippen molar-refractivity contribution in [3.8, 4) is 11.3 Å². The Bertz CT molecular complexity index is 1430. The Morgan fingerprint density at radius 2 is 1.94 bits per heavy atom. The fraction of sp³-hybridized carbons (Fsp3) is 0.200. The molecule has 0 spiro atoms. The van der Waals surface area contributed by atoms with Gasteiger partial charge in [-0.3, -0.25) is 0 Å². The molecule has 0 amide bonds. The Morgan fingerprint density at radius 3 is 2.87 bits per heavy atom. The van der Waals surface area contributed by atoms with E-state index in [2.05, 4.69) is 73.4 Å². The molecule has 0 saturated carbocycles. The van der Waals surface area contributed by atoms with Crippen LogP contribution in [0.5, 0.6) is 0 Å². The molecule has 0 atom stereocenters. The lowest BCUT2D eigenvalue weighted by atomic mass is 10.0. The van der Waals surface area contributed by atoms with Crippen LogP contribution in [0.2, 0.25) is 0 Å². The number of rotatable bonds is 3. The minimum atomic E-state index is 0.481. The molecule has 0 radical (unpaired) electrons. The maximum atomic E-state index is 6.05. The first kappa shape index (κ1) is 18.0. The number of imidazole rings is 1. The van der Waals surface area contributed by atoms with Crippen molar-refractivity contribution in [3.05, 3.63) is 71.5 Å². The highest BCUT2D eigenvalue weighted by Gasteiger charge is 2.17. The Morgan fingerprint density at radius 1 is 1.03 bits per heavy atom. The van der Waals surface area contributed by atoms with E-state index in [1.165, 1.54) is 35.0 Å². The molecule has 6 rings (SSSR count). The molecule has 4 heterocycles. The maximum Gasteiger partial charge on any atom is 0.160 e. The quantitative estimate of drug-likeness (QED) is 0.394. The van der Waals surface area contributed by atoms with Gasteiger partial charge in [0.2, 0.25) is 0 Å². The summed E-state index contributed by atoms with van der Waals surface area (Å²) in [4.78, 5) is 18.2. The van der Waals surface area contributed by atoms with Crippen molar-refractivity contribution in [3.63, 3.8) is 0 Å². The second kappa shape index (κ2) is 6.87. The molecule has 1 aliphatic rings. The monoisotopic (exact) mass is 408 g/mol. The summed E-state index contributed by atoms with van der Waals surface area (Å²) in [7, 11) is 0. The third kappa shape index (κ3) is 3.11. The van der Waals surface area contributed by atoms with Gasteiger partial charge < -0.3 is 20.6 Å². The topological polar surface area (TPSA) is 86.6 Å². The zero-order chi connectivity index (χ0) is 20.9. The molecule has 0 bridgehead atoms. The number of benzene rings is 2. The standard InChI is InChI=1S/C25H24N6/c1-15-27-24-19(13-23(26)30-25(24)28-15)21-12-18-11-16(8-9-20(18)29-21)14-31-10-4-6-17-5-2-3-7-22(17)31/h2-3,5,7-9,11-13,29H,4,6,10,14H2,1H3,(H3,26,27,28,30). The number of nitrogens with two attached hydrogens (primary N) is 1. The molecule has 4 N–H and O–H groups in total. The highest BCUT2D eigenvalue weighted by molar-refractivity contribution is 5.95. The summed E-state index contributed by atoms with van der Waals surface area (Å²) in [6, 6.07) is 19.5. The number of nitrogen functional groups attached to an aromatic ring is 1. The molecular formula is C25H24N6. The molecule has 2 aromatic carbocycles. The first-order valence-corrected chi connectivity index (χ1v) is 10.7. The van der Waals surface area contributed by atoms with Crippen LogP contribution in [-0.4, -0.2) is 26.5 Å². The molecule has 0 fully saturated rings. The second-order valence-electron chi connectivity index (χ2n) is 8.37. The highest BCUT2D eigenvalue weighted by atomic mass is 15.1. The fourth-order valence-corrected chi connectivity index (χ4v) is 4.75. The summed E-state index contributed by atoms with van der Waals surface area (Å²) in [6.07, 6.45) is 2.37. The summed E-state index contributed by atoms with van der Waals surface area (Å²) in [5.74, 6) is 1.31. The molecule has 0 saturated heterocycles. The summed E-state index contributed by atoms with van der Waals surface area (Å²) in [6.45, 7) is 3.94. The van der Waals surface area contributed by atoms with Gasteiger partial charge in [0.25, 0.3) is 0 Å². The molecule has 6 nitrogen and oxygen atoms in total. The van der Waals surface area contributed by atoms with Crippen molar-refractivity contribution in [1.29, 1.82) is 0 Å². The van der Waals surface area contributed by atoms with Crippen molar-refractivity contribution >= 4 is 33.6 Å². The minimum absolute atomic E-state index is 0.481. The Labute approximate surface area is 180 Å². The van der Waals surface area contributed by atoms with Crippen LogP contribution in [-0.2, 0) is 13.0 Å². The number of hydrogen-bond donors (Lipinski definition) is 3. The third-order valence-corrected chi connectivity index (χ3v) is 6.15. The average molecular weight is 409 g/mol. The number of hydrogen-bond acceptors (Lipinski definition) is 4. The van der Waals surface area contributed by atoms with Gasteiger partial charge in [0.05, 0.1) is 0 Å². The Kier molecular flexibility index (Phi) is 3.99. The summed E-state index contributed by atoms with van der Waals surface area (Å²) in [5, 5.41) is 1.19. The number of para-hydroxylation sites is 1. The molecule has 1 aliphatic heterocycles. The highest BCUT2D eigenvalue weighted by Crippen LogP contribution is 2.32. The van der Waals surface area contributed by atoms with Crippen LogP contribution in [0.3, 0.4) is 0 Å². The molecular weight excluding hydrogens is 384 g/mol. The summed E-state index contributed by atoms with van der Waals surface area (Å²) < 4.78 is 0. The number of H-pyrrole nitrogens is 2. The first-order chi connectivity index (χ1) is 15.1. The van der Waals surface area contributed by atoms with E-state index in [0.29, 0.717) is 5.82 Å². The molecule has 31 heavy (non-hydrogen) atoms. The summed E-state index contributed by atoms with van der Waals surface area (Å²) in [5.41, 5.74) is 14.8. The van der Waals surface area contributed by atoms with Gasteiger partial charge in [0.15, 0.2) is 5.65 Å². The van der Waals surface area contributed by atoms with Crippen LogP contribution in [0.25, 0.3) is 33.3 Å². The molecule has 6 heteroatoms. The van der Waals surface area contributed by atoms with Crippen LogP contribution in [0.4, 0.5) is 11.5 Å². The third-order valence-electron chi connectivity index (χ3n) is 6.15. The predicted molar refractivity (Wildman–Crippen MR) is 126 cm³/mol. The first-order valence-electron chi connectivity index (χ1n) is 10.7. The lowest BCUT2D eigenvalue weighted by molar-refractivity contribution is 0.691. The number of anilines is 2. The number of pyridine rings is 1. The lowest BCUT2D eigenvalue weighted by Gasteiger charge is -2.31. The van der Waals surface area contributed by atoms with E-state index in [0.717, 1.165) is 46.9 Å². The largest absolute Gasteiger partial charge is 0.384 e. The lowest BCUT2D eigenvalue weighted by Crippen LogP contribution is -2.28. The predicted octanol–water partition coefficient (Wildman–Crippen LogP) is 4.95. The normalized spacial score (nSPS) is 13.8. The van der Waals surface area contributed by atoms with E-state index in [-0.39, 0.29) is 0 Å². The number of nitrogens with zero attached hydrogens (tertiary/aromatic N) is 3. The Hall–Kier alpha value is -3.80. The number of fused-ring (bicyclic) bond motifs is 3. The van der Waals surface area contributed by atoms with Gasteiger partial charge in [-0.2, -0.15) is 0 Å². The van der Waals surface area contributed by atoms with Gasteiger partial charge in [-0.1, -0.05) is 24.3 Å². The van der Waals surface area contributed by atoms with Gasteiger partial charge in [0, 0.05) is 40.9 Å². The number of aryl methyl sites for hydroxylation is 2. The number of nitrogens with one attached hydrogen (secondary N) is 2. The number of aromatic amines is 2. The SMILES string of the molecule is Cc1nc2c(-c3cc4cc(CN5CCCc6ccccc65)ccc4[nH]3)cc(N)nc2[nH]1. The van der Waals surface area contributed by atoms with Gasteiger partial charge in [-0.15, -0.1) is 0 Å². The fourth-order valence-electron chi connectivity index (χ4n) is 4.75. The van der Waals surface area contributed by atoms with E-state index < -0.39 is 0 Å². The van der Waals surface area contributed by atoms with Crippen molar-refractivity contribution in [2.75, 3.05) is 17.2 Å². The van der Waals surface area contributed by atoms with E-state index in [4.69, 9.17) is 5.73 Å². The van der Waals surface area contributed by atoms with Crippen molar-refractivity contribution in [2.24, 2.45) is 0 Å². The zero-order valence-corrected chi connectivity index (χ0v) is 17.4. The molecule has 0 aliphatic carbocycles. The van der Waals surface area contributed by atoms with E-state index >= 15 is 0 Å². The summed E-state index contributed by atoms with van der Waals surface area (Å²) >= 11 is 0. The molecule has 5 aromatic rings. The van der Waals surface area contributed by atoms with Crippen molar-refractivity contribution < 1.29 is 0 Å². The van der Waals surface area contributed by atoms with Gasteiger partial charge in [-0.25, -0.2) is 9.97 Å². The average Bonchev–Trinajstić information content (AvgIpc) is 3.35. The Balaban J connectivity index is 1.37. The number of aromatic nitrogens is 4. The zero-order valence-electron chi connectivity index (χ0n) is 17.4. The van der Waals surface area contributed by atoms with Crippen LogP contribution in [0.1, 0.15) is 23.4 Å². The van der Waals surface area contributed by atoms with Gasteiger partial charge in [0.1, 0.15) is 17.2 Å². The maximum absolute atomic E-state index is 6.05. The van der Waals surface area contributed by atoms with Gasteiger partial charge >= 0.3 is 0 Å². The van der Waals surface area contributed by atoms with Crippen LogP contribution in [0, 0.1) is 6.92 Å².